The first kappa shape index (κ1) is 12.2. The second-order valence-corrected chi connectivity index (χ2v) is 3.66. The van der Waals surface area contributed by atoms with Gasteiger partial charge < -0.3 is 5.32 Å². The summed E-state index contributed by atoms with van der Waals surface area (Å²) in [6.45, 7) is 0.0773. The van der Waals surface area contributed by atoms with Gasteiger partial charge in [-0.1, -0.05) is 5.92 Å². The molecule has 0 saturated carbocycles. The van der Waals surface area contributed by atoms with Gasteiger partial charge in [-0.05, 0) is 22.0 Å². The van der Waals surface area contributed by atoms with Gasteiger partial charge in [0.25, 0.3) is 11.6 Å². The number of nitro groups is 1. The van der Waals surface area contributed by atoms with E-state index >= 15 is 0 Å². The average molecular weight is 283 g/mol. The van der Waals surface area contributed by atoms with Crippen LogP contribution in [0.2, 0.25) is 0 Å². The van der Waals surface area contributed by atoms with E-state index in [9.17, 15) is 14.9 Å². The van der Waals surface area contributed by atoms with Gasteiger partial charge in [0.1, 0.15) is 0 Å². The third-order valence-electron chi connectivity index (χ3n) is 1.76. The number of hydrogen-bond acceptors (Lipinski definition) is 3. The first-order valence-electron chi connectivity index (χ1n) is 4.22. The van der Waals surface area contributed by atoms with Crippen LogP contribution in [-0.4, -0.2) is 17.4 Å². The first-order valence-corrected chi connectivity index (χ1v) is 5.01. The molecule has 0 unspecified atom stereocenters. The van der Waals surface area contributed by atoms with Gasteiger partial charge in [-0.15, -0.1) is 6.42 Å². The van der Waals surface area contributed by atoms with Crippen molar-refractivity contribution in [2.24, 2.45) is 0 Å². The van der Waals surface area contributed by atoms with Gasteiger partial charge in [0.2, 0.25) is 0 Å². The van der Waals surface area contributed by atoms with Crippen LogP contribution >= 0.6 is 15.9 Å². The predicted octanol–water partition coefficient (Wildman–Crippen LogP) is 1.72. The zero-order valence-corrected chi connectivity index (χ0v) is 9.65. The highest BCUT2D eigenvalue weighted by Gasteiger charge is 2.14. The van der Waals surface area contributed by atoms with E-state index in [-0.39, 0.29) is 17.8 Å². The molecule has 6 heteroatoms. The van der Waals surface area contributed by atoms with Crippen LogP contribution in [0, 0.1) is 22.5 Å². The fourth-order valence-electron chi connectivity index (χ4n) is 1.03. The quantitative estimate of drug-likeness (QED) is 0.521. The Morgan fingerprint density at radius 2 is 2.31 bits per heavy atom. The minimum absolute atomic E-state index is 0.0773. The average Bonchev–Trinajstić information content (AvgIpc) is 2.26. The first-order chi connectivity index (χ1) is 7.56. The van der Waals surface area contributed by atoms with Crippen molar-refractivity contribution >= 4 is 27.5 Å². The van der Waals surface area contributed by atoms with Crippen LogP contribution in [0.1, 0.15) is 10.4 Å². The lowest BCUT2D eigenvalue weighted by Gasteiger charge is -2.03. The summed E-state index contributed by atoms with van der Waals surface area (Å²) >= 11 is 3.14. The molecular formula is C10H7BrN2O3. The summed E-state index contributed by atoms with van der Waals surface area (Å²) in [5, 5.41) is 13.0. The molecule has 0 aliphatic heterocycles. The van der Waals surface area contributed by atoms with Gasteiger partial charge in [0.05, 0.1) is 17.0 Å². The maximum Gasteiger partial charge on any atom is 0.270 e. The summed E-state index contributed by atoms with van der Waals surface area (Å²) in [5.74, 6) is 1.79. The third kappa shape index (κ3) is 2.81. The van der Waals surface area contributed by atoms with Gasteiger partial charge in [-0.3, -0.25) is 14.9 Å². The van der Waals surface area contributed by atoms with Gasteiger partial charge in [0.15, 0.2) is 0 Å². The van der Waals surface area contributed by atoms with E-state index in [1.165, 1.54) is 18.2 Å². The van der Waals surface area contributed by atoms with Crippen LogP contribution < -0.4 is 5.32 Å². The smallest absolute Gasteiger partial charge is 0.270 e. The Morgan fingerprint density at radius 3 is 2.88 bits per heavy atom. The van der Waals surface area contributed by atoms with Crippen molar-refractivity contribution in [2.75, 3.05) is 6.54 Å². The standard InChI is InChI=1S/C10H7BrN2O3/c1-2-5-12-10(14)8-6-7(13(15)16)3-4-9(8)11/h1,3-4,6H,5H2,(H,12,14). The molecule has 0 heterocycles. The fourth-order valence-corrected chi connectivity index (χ4v) is 1.45. The number of nitrogens with zero attached hydrogens (tertiary/aromatic N) is 1. The molecule has 0 bridgehead atoms. The van der Waals surface area contributed by atoms with Crippen molar-refractivity contribution < 1.29 is 9.72 Å². The number of non-ortho nitro benzene ring substituents is 1. The lowest BCUT2D eigenvalue weighted by Crippen LogP contribution is -2.23. The maximum atomic E-state index is 11.5. The van der Waals surface area contributed by atoms with Crippen molar-refractivity contribution in [1.82, 2.24) is 5.32 Å². The zero-order chi connectivity index (χ0) is 12.1. The van der Waals surface area contributed by atoms with Crippen LogP contribution in [0.4, 0.5) is 5.69 Å². The third-order valence-corrected chi connectivity index (χ3v) is 2.45. The minimum atomic E-state index is -0.565. The summed E-state index contributed by atoms with van der Waals surface area (Å²) < 4.78 is 0.479. The molecule has 0 saturated heterocycles. The molecule has 1 amide bonds. The van der Waals surface area contributed by atoms with Crippen molar-refractivity contribution in [3.8, 4) is 12.3 Å². The number of hydrogen-bond donors (Lipinski definition) is 1. The van der Waals surface area contributed by atoms with Crippen molar-refractivity contribution in [1.29, 1.82) is 0 Å². The molecule has 0 radical (unpaired) electrons. The number of terminal acetylenes is 1. The number of carbonyl (C=O) groups excluding carboxylic acids is 1. The van der Waals surface area contributed by atoms with Crippen LogP contribution in [0.5, 0.6) is 0 Å². The largest absolute Gasteiger partial charge is 0.341 e. The normalized spacial score (nSPS) is 9.25. The Hall–Kier alpha value is -1.87. The lowest BCUT2D eigenvalue weighted by molar-refractivity contribution is -0.384. The topological polar surface area (TPSA) is 72.2 Å². The number of nitrogens with one attached hydrogen (secondary N) is 1. The van der Waals surface area contributed by atoms with Crippen molar-refractivity contribution in [2.45, 2.75) is 0 Å². The molecule has 82 valence electrons. The van der Waals surface area contributed by atoms with Gasteiger partial charge >= 0.3 is 0 Å². The molecule has 1 aromatic carbocycles. The Bertz CT molecular complexity index is 479. The molecular weight excluding hydrogens is 276 g/mol. The van der Waals surface area contributed by atoms with Crippen LogP contribution in [0.15, 0.2) is 22.7 Å². The fraction of sp³-hybridized carbons (Fsp3) is 0.100. The van der Waals surface area contributed by atoms with E-state index in [2.05, 4.69) is 27.2 Å². The number of rotatable bonds is 3. The highest BCUT2D eigenvalue weighted by Crippen LogP contribution is 2.22. The number of carbonyl (C=O) groups is 1. The molecule has 1 aromatic rings. The minimum Gasteiger partial charge on any atom is -0.341 e. The number of nitro benzene ring substituents is 1. The SMILES string of the molecule is C#CCNC(=O)c1cc([N+](=O)[O-])ccc1Br. The maximum absolute atomic E-state index is 11.5. The number of benzene rings is 1. The van der Waals surface area contributed by atoms with Crippen LogP contribution in [-0.2, 0) is 0 Å². The molecule has 5 nitrogen and oxygen atoms in total. The number of halogens is 1. The molecule has 16 heavy (non-hydrogen) atoms. The molecule has 0 aliphatic carbocycles. The van der Waals surface area contributed by atoms with E-state index in [1.54, 1.807) is 0 Å². The Morgan fingerprint density at radius 1 is 1.62 bits per heavy atom. The molecule has 1 rings (SSSR count). The zero-order valence-electron chi connectivity index (χ0n) is 8.07. The van der Waals surface area contributed by atoms with Gasteiger partial charge in [-0.2, -0.15) is 0 Å². The van der Waals surface area contributed by atoms with E-state index in [0.717, 1.165) is 0 Å². The molecule has 1 N–H and O–H groups in total. The summed E-state index contributed by atoms with van der Waals surface area (Å²) in [5.41, 5.74) is 0.0403. The molecule has 0 fully saturated rings. The van der Waals surface area contributed by atoms with Gasteiger partial charge in [0, 0.05) is 16.6 Å². The second kappa shape index (κ2) is 5.28. The summed E-state index contributed by atoms with van der Waals surface area (Å²) in [6.07, 6.45) is 4.99. The van der Waals surface area contributed by atoms with Crippen LogP contribution in [0.25, 0.3) is 0 Å². The molecule has 0 aliphatic rings. The Kier molecular flexibility index (Phi) is 4.03. The molecule has 0 aromatic heterocycles. The lowest BCUT2D eigenvalue weighted by atomic mass is 10.2. The van der Waals surface area contributed by atoms with E-state index in [1.807, 2.05) is 0 Å². The Balaban J connectivity index is 3.03. The van der Waals surface area contributed by atoms with Crippen molar-refractivity contribution in [3.63, 3.8) is 0 Å². The van der Waals surface area contributed by atoms with E-state index in [4.69, 9.17) is 6.42 Å². The van der Waals surface area contributed by atoms with E-state index < -0.39 is 10.8 Å². The van der Waals surface area contributed by atoms with Crippen LogP contribution in [0.3, 0.4) is 0 Å². The monoisotopic (exact) mass is 282 g/mol. The van der Waals surface area contributed by atoms with Gasteiger partial charge in [-0.25, -0.2) is 0 Å². The van der Waals surface area contributed by atoms with E-state index in [0.29, 0.717) is 4.47 Å². The second-order valence-electron chi connectivity index (χ2n) is 2.81. The summed E-state index contributed by atoms with van der Waals surface area (Å²) in [7, 11) is 0. The van der Waals surface area contributed by atoms with Crippen molar-refractivity contribution in [3.05, 3.63) is 38.3 Å². The summed E-state index contributed by atoms with van der Waals surface area (Å²) in [4.78, 5) is 21.5. The number of amides is 1. The molecule has 0 spiro atoms. The highest BCUT2D eigenvalue weighted by molar-refractivity contribution is 9.10. The molecule has 0 atom stereocenters. The summed E-state index contributed by atoms with van der Waals surface area (Å²) in [6, 6.07) is 3.95. The Labute approximate surface area is 100 Å². The highest BCUT2D eigenvalue weighted by atomic mass is 79.9. The predicted molar refractivity (Wildman–Crippen MR) is 62.0 cm³/mol.